The van der Waals surface area contributed by atoms with Crippen molar-refractivity contribution in [2.75, 3.05) is 16.3 Å². The van der Waals surface area contributed by atoms with Crippen molar-refractivity contribution in [3.63, 3.8) is 0 Å². The van der Waals surface area contributed by atoms with Crippen molar-refractivity contribution in [1.82, 2.24) is 0 Å². The second-order valence-electron chi connectivity index (χ2n) is 4.77. The van der Waals surface area contributed by atoms with Crippen LogP contribution in [0.4, 0.5) is 11.4 Å². The number of benzene rings is 1. The highest BCUT2D eigenvalue weighted by atomic mass is 16.2. The first-order valence-electron chi connectivity index (χ1n) is 6.21. The van der Waals surface area contributed by atoms with Gasteiger partial charge in [0.05, 0.1) is 11.4 Å². The summed E-state index contributed by atoms with van der Waals surface area (Å²) in [5.74, 6) is 0.0436. The molecule has 1 aliphatic heterocycles. The van der Waals surface area contributed by atoms with Crippen LogP contribution in [-0.2, 0) is 9.59 Å². The summed E-state index contributed by atoms with van der Waals surface area (Å²) in [7, 11) is 0. The molecule has 0 saturated heterocycles. The second kappa shape index (κ2) is 4.80. The fraction of sp³-hybridized carbons (Fsp3) is 0.429. The second-order valence-corrected chi connectivity index (χ2v) is 4.77. The molecule has 4 heteroatoms. The van der Waals surface area contributed by atoms with Gasteiger partial charge in [0.15, 0.2) is 0 Å². The maximum Gasteiger partial charge on any atom is 0.229 e. The fourth-order valence-electron chi connectivity index (χ4n) is 2.37. The van der Waals surface area contributed by atoms with Gasteiger partial charge in [0, 0.05) is 25.9 Å². The lowest BCUT2D eigenvalue weighted by atomic mass is 10.2. The minimum atomic E-state index is -0.0270. The molecule has 4 nitrogen and oxygen atoms in total. The highest BCUT2D eigenvalue weighted by Gasteiger charge is 2.28. The van der Waals surface area contributed by atoms with Crippen molar-refractivity contribution in [3.8, 4) is 0 Å². The minimum Gasteiger partial charge on any atom is -0.310 e. The van der Waals surface area contributed by atoms with Crippen LogP contribution < -0.4 is 9.80 Å². The Kier molecular flexibility index (Phi) is 3.36. The first-order valence-corrected chi connectivity index (χ1v) is 6.21. The summed E-state index contributed by atoms with van der Waals surface area (Å²) in [6.45, 7) is 5.96. The van der Waals surface area contributed by atoms with E-state index in [1.54, 1.807) is 9.80 Å². The van der Waals surface area contributed by atoms with E-state index in [-0.39, 0.29) is 17.9 Å². The molecule has 0 spiro atoms. The number of rotatable bonds is 1. The number of hydrogen-bond acceptors (Lipinski definition) is 2. The Hall–Kier alpha value is -1.84. The van der Waals surface area contributed by atoms with Gasteiger partial charge in [0.25, 0.3) is 0 Å². The Labute approximate surface area is 107 Å². The summed E-state index contributed by atoms with van der Waals surface area (Å²) in [6, 6.07) is 7.67. The number of nitrogens with zero attached hydrogens (tertiary/aromatic N) is 2. The zero-order valence-corrected chi connectivity index (χ0v) is 11.0. The summed E-state index contributed by atoms with van der Waals surface area (Å²) in [5.41, 5.74) is 1.65. The van der Waals surface area contributed by atoms with E-state index in [9.17, 15) is 9.59 Å². The Morgan fingerprint density at radius 3 is 2.39 bits per heavy atom. The van der Waals surface area contributed by atoms with Crippen LogP contribution in [0.5, 0.6) is 0 Å². The monoisotopic (exact) mass is 246 g/mol. The molecule has 1 aromatic rings. The largest absolute Gasteiger partial charge is 0.310 e. The summed E-state index contributed by atoms with van der Waals surface area (Å²) >= 11 is 0. The third-order valence-corrected chi connectivity index (χ3v) is 3.15. The van der Waals surface area contributed by atoms with Gasteiger partial charge in [-0.1, -0.05) is 12.1 Å². The lowest BCUT2D eigenvalue weighted by Crippen LogP contribution is -2.36. The molecule has 0 atom stereocenters. The zero-order valence-electron chi connectivity index (χ0n) is 11.0. The molecule has 0 fully saturated rings. The topological polar surface area (TPSA) is 40.6 Å². The predicted octanol–water partition coefficient (Wildman–Crippen LogP) is 2.18. The molecule has 18 heavy (non-hydrogen) atoms. The van der Waals surface area contributed by atoms with Gasteiger partial charge >= 0.3 is 0 Å². The minimum absolute atomic E-state index is 0.0270. The van der Waals surface area contributed by atoms with Gasteiger partial charge in [-0.05, 0) is 26.0 Å². The Balaban J connectivity index is 2.56. The highest BCUT2D eigenvalue weighted by Crippen LogP contribution is 2.33. The van der Waals surface area contributed by atoms with Crippen molar-refractivity contribution in [2.24, 2.45) is 0 Å². The molecule has 0 radical (unpaired) electrons. The molecule has 1 aromatic carbocycles. The third kappa shape index (κ3) is 2.10. The van der Waals surface area contributed by atoms with E-state index in [1.165, 1.54) is 6.92 Å². The number of fused-ring (bicyclic) bond motifs is 1. The van der Waals surface area contributed by atoms with Crippen LogP contribution in [0.2, 0.25) is 0 Å². The number of carbonyl (C=O) groups is 2. The molecule has 0 saturated carbocycles. The standard InChI is InChI=1S/C14H18N2O2/c1-10(2)16-13-7-5-4-6-12(13)15(11(3)17)9-8-14(16)18/h4-7,10H,8-9H2,1-3H3. The van der Waals surface area contributed by atoms with Crippen LogP contribution in [0.1, 0.15) is 27.2 Å². The van der Waals surface area contributed by atoms with Gasteiger partial charge in [-0.15, -0.1) is 0 Å². The summed E-state index contributed by atoms with van der Waals surface area (Å²) < 4.78 is 0. The molecular formula is C14H18N2O2. The molecular weight excluding hydrogens is 228 g/mol. The number of hydrogen-bond donors (Lipinski definition) is 0. The Bertz CT molecular complexity index is 482. The molecule has 2 rings (SSSR count). The van der Waals surface area contributed by atoms with Crippen molar-refractivity contribution >= 4 is 23.2 Å². The predicted molar refractivity (Wildman–Crippen MR) is 71.7 cm³/mol. The molecule has 0 bridgehead atoms. The van der Waals surface area contributed by atoms with Crippen LogP contribution >= 0.6 is 0 Å². The van der Waals surface area contributed by atoms with Crippen molar-refractivity contribution in [1.29, 1.82) is 0 Å². The molecule has 1 aliphatic rings. The number of carbonyl (C=O) groups excluding carboxylic acids is 2. The molecule has 0 aromatic heterocycles. The third-order valence-electron chi connectivity index (χ3n) is 3.15. The van der Waals surface area contributed by atoms with Gasteiger partial charge in [-0.25, -0.2) is 0 Å². The molecule has 0 unspecified atom stereocenters. The van der Waals surface area contributed by atoms with E-state index in [2.05, 4.69) is 0 Å². The van der Waals surface area contributed by atoms with Crippen LogP contribution in [-0.4, -0.2) is 24.4 Å². The summed E-state index contributed by atoms with van der Waals surface area (Å²) in [5, 5.41) is 0. The summed E-state index contributed by atoms with van der Waals surface area (Å²) in [6.07, 6.45) is 0.367. The fourth-order valence-corrected chi connectivity index (χ4v) is 2.37. The van der Waals surface area contributed by atoms with Crippen LogP contribution in [0, 0.1) is 0 Å². The Morgan fingerprint density at radius 1 is 1.22 bits per heavy atom. The maximum absolute atomic E-state index is 12.2. The van der Waals surface area contributed by atoms with Crippen molar-refractivity contribution in [2.45, 2.75) is 33.2 Å². The van der Waals surface area contributed by atoms with Gasteiger partial charge in [0.1, 0.15) is 0 Å². The first-order chi connectivity index (χ1) is 8.52. The van der Waals surface area contributed by atoms with Crippen molar-refractivity contribution in [3.05, 3.63) is 24.3 Å². The van der Waals surface area contributed by atoms with E-state index < -0.39 is 0 Å². The Morgan fingerprint density at radius 2 is 1.83 bits per heavy atom. The average Bonchev–Trinajstić information content (AvgIpc) is 2.44. The normalized spacial score (nSPS) is 15.7. The van der Waals surface area contributed by atoms with Crippen LogP contribution in [0.15, 0.2) is 24.3 Å². The van der Waals surface area contributed by atoms with Gasteiger partial charge in [0.2, 0.25) is 11.8 Å². The smallest absolute Gasteiger partial charge is 0.229 e. The SMILES string of the molecule is CC(=O)N1CCC(=O)N(C(C)C)c2ccccc21. The quantitative estimate of drug-likeness (QED) is 0.762. The molecule has 96 valence electrons. The average molecular weight is 246 g/mol. The summed E-state index contributed by atoms with van der Waals surface area (Å²) in [4.78, 5) is 27.3. The molecule has 0 N–H and O–H groups in total. The van der Waals surface area contributed by atoms with E-state index in [1.807, 2.05) is 38.1 Å². The highest BCUT2D eigenvalue weighted by molar-refractivity contribution is 6.04. The molecule has 1 heterocycles. The zero-order chi connectivity index (χ0) is 13.3. The molecule has 0 aliphatic carbocycles. The molecule has 2 amide bonds. The van der Waals surface area contributed by atoms with E-state index in [4.69, 9.17) is 0 Å². The van der Waals surface area contributed by atoms with Crippen molar-refractivity contribution < 1.29 is 9.59 Å². The van der Waals surface area contributed by atoms with Crippen LogP contribution in [0.3, 0.4) is 0 Å². The lowest BCUT2D eigenvalue weighted by molar-refractivity contribution is -0.118. The maximum atomic E-state index is 12.2. The van der Waals surface area contributed by atoms with E-state index in [0.29, 0.717) is 13.0 Å². The number of amides is 2. The first kappa shape index (κ1) is 12.6. The van der Waals surface area contributed by atoms with Gasteiger partial charge < -0.3 is 9.80 Å². The van der Waals surface area contributed by atoms with Gasteiger partial charge in [-0.2, -0.15) is 0 Å². The number of anilines is 2. The van der Waals surface area contributed by atoms with Gasteiger partial charge in [-0.3, -0.25) is 9.59 Å². The number of para-hydroxylation sites is 2. The van der Waals surface area contributed by atoms with Crippen LogP contribution in [0.25, 0.3) is 0 Å². The van der Waals surface area contributed by atoms with E-state index >= 15 is 0 Å². The lowest BCUT2D eigenvalue weighted by Gasteiger charge is -2.27. The van der Waals surface area contributed by atoms with E-state index in [0.717, 1.165) is 11.4 Å².